The van der Waals surface area contributed by atoms with E-state index in [4.69, 9.17) is 4.74 Å². The molecule has 0 aliphatic heterocycles. The van der Waals surface area contributed by atoms with E-state index < -0.39 is 0 Å². The maximum atomic E-state index is 5.92. The Balaban J connectivity index is 2.34. The molecule has 0 radical (unpaired) electrons. The topological polar surface area (TPSA) is 9.23 Å². The Bertz CT molecular complexity index is 532. The molecule has 0 heterocycles. The van der Waals surface area contributed by atoms with Crippen LogP contribution in [0.3, 0.4) is 0 Å². The Morgan fingerprint density at radius 2 is 1.82 bits per heavy atom. The van der Waals surface area contributed by atoms with Crippen LogP contribution in [0.15, 0.2) is 40.9 Å². The van der Waals surface area contributed by atoms with Gasteiger partial charge in [0.15, 0.2) is 0 Å². The molecule has 0 unspecified atom stereocenters. The molecular weight excluding hydrogens is 391 g/mol. The SMILES string of the molecule is Cc1ccc(C)c(Oc2cc(Br)cc(I)c2)c1. The van der Waals surface area contributed by atoms with Gasteiger partial charge in [-0.3, -0.25) is 0 Å². The molecule has 0 spiro atoms. The summed E-state index contributed by atoms with van der Waals surface area (Å²) in [6, 6.07) is 12.3. The molecule has 2 aromatic carbocycles. The average Bonchev–Trinajstić information content (AvgIpc) is 2.22. The van der Waals surface area contributed by atoms with Crippen molar-refractivity contribution in [1.82, 2.24) is 0 Å². The Morgan fingerprint density at radius 1 is 1.06 bits per heavy atom. The van der Waals surface area contributed by atoms with Crippen molar-refractivity contribution in [3.05, 3.63) is 55.6 Å². The molecule has 0 fully saturated rings. The van der Waals surface area contributed by atoms with Crippen molar-refractivity contribution < 1.29 is 4.74 Å². The van der Waals surface area contributed by atoms with Gasteiger partial charge in [0.1, 0.15) is 11.5 Å². The van der Waals surface area contributed by atoms with Crippen LogP contribution in [0.5, 0.6) is 11.5 Å². The summed E-state index contributed by atoms with van der Waals surface area (Å²) in [4.78, 5) is 0. The van der Waals surface area contributed by atoms with Gasteiger partial charge in [0, 0.05) is 8.04 Å². The van der Waals surface area contributed by atoms with Crippen LogP contribution in [-0.2, 0) is 0 Å². The van der Waals surface area contributed by atoms with Gasteiger partial charge >= 0.3 is 0 Å². The van der Waals surface area contributed by atoms with Crippen molar-refractivity contribution in [2.45, 2.75) is 13.8 Å². The Kier molecular flexibility index (Phi) is 4.09. The minimum atomic E-state index is 0.859. The number of halogens is 2. The van der Waals surface area contributed by atoms with Gasteiger partial charge in [-0.25, -0.2) is 0 Å². The second-order valence-electron chi connectivity index (χ2n) is 3.98. The van der Waals surface area contributed by atoms with Gasteiger partial charge in [-0.15, -0.1) is 0 Å². The van der Waals surface area contributed by atoms with E-state index in [0.717, 1.165) is 25.1 Å². The number of aryl methyl sites for hydroxylation is 2. The third kappa shape index (κ3) is 3.45. The van der Waals surface area contributed by atoms with E-state index in [9.17, 15) is 0 Å². The van der Waals surface area contributed by atoms with Gasteiger partial charge in [-0.1, -0.05) is 28.1 Å². The lowest BCUT2D eigenvalue weighted by Gasteiger charge is -2.10. The third-order valence-electron chi connectivity index (χ3n) is 2.41. The third-order valence-corrected chi connectivity index (χ3v) is 3.49. The summed E-state index contributed by atoms with van der Waals surface area (Å²) >= 11 is 5.75. The lowest BCUT2D eigenvalue weighted by atomic mass is 10.1. The monoisotopic (exact) mass is 402 g/mol. The van der Waals surface area contributed by atoms with E-state index in [-0.39, 0.29) is 0 Å². The second-order valence-corrected chi connectivity index (χ2v) is 6.14. The van der Waals surface area contributed by atoms with E-state index in [1.165, 1.54) is 5.56 Å². The van der Waals surface area contributed by atoms with Gasteiger partial charge in [-0.2, -0.15) is 0 Å². The average molecular weight is 403 g/mol. The highest BCUT2D eigenvalue weighted by Gasteiger charge is 2.03. The summed E-state index contributed by atoms with van der Waals surface area (Å²) in [5.41, 5.74) is 2.35. The molecule has 0 N–H and O–H groups in total. The van der Waals surface area contributed by atoms with Crippen LogP contribution in [0.2, 0.25) is 0 Å². The molecule has 0 amide bonds. The molecule has 0 aromatic heterocycles. The largest absolute Gasteiger partial charge is 0.457 e. The standard InChI is InChI=1S/C14H12BrIO/c1-9-3-4-10(2)14(5-9)17-13-7-11(15)6-12(16)8-13/h3-8H,1-2H3. The van der Waals surface area contributed by atoms with Gasteiger partial charge in [0.25, 0.3) is 0 Å². The maximum Gasteiger partial charge on any atom is 0.130 e. The molecule has 2 aromatic rings. The van der Waals surface area contributed by atoms with Crippen molar-refractivity contribution in [3.63, 3.8) is 0 Å². The lowest BCUT2D eigenvalue weighted by molar-refractivity contribution is 0.478. The highest BCUT2D eigenvalue weighted by Crippen LogP contribution is 2.29. The second kappa shape index (κ2) is 5.40. The first-order valence-corrected chi connectivity index (χ1v) is 7.13. The van der Waals surface area contributed by atoms with E-state index in [1.807, 2.05) is 12.1 Å². The van der Waals surface area contributed by atoms with Crippen LogP contribution < -0.4 is 4.74 Å². The Labute approximate surface area is 123 Å². The van der Waals surface area contributed by atoms with Crippen LogP contribution in [0.25, 0.3) is 0 Å². The van der Waals surface area contributed by atoms with Crippen molar-refractivity contribution in [1.29, 1.82) is 0 Å². The quantitative estimate of drug-likeness (QED) is 0.605. The fourth-order valence-electron chi connectivity index (χ4n) is 1.53. The number of hydrogen-bond acceptors (Lipinski definition) is 1. The first-order chi connectivity index (χ1) is 8.04. The summed E-state index contributed by atoms with van der Waals surface area (Å²) in [5.74, 6) is 1.77. The number of benzene rings is 2. The predicted molar refractivity (Wildman–Crippen MR) is 82.8 cm³/mol. The molecular formula is C14H12BrIO. The van der Waals surface area contributed by atoms with Crippen LogP contribution >= 0.6 is 38.5 Å². The molecule has 0 saturated carbocycles. The molecule has 3 heteroatoms. The van der Waals surface area contributed by atoms with Gasteiger partial charge in [-0.05, 0) is 71.8 Å². The fraction of sp³-hybridized carbons (Fsp3) is 0.143. The molecule has 1 nitrogen and oxygen atoms in total. The zero-order valence-corrected chi connectivity index (χ0v) is 13.4. The summed E-state index contributed by atoms with van der Waals surface area (Å²) in [5, 5.41) is 0. The van der Waals surface area contributed by atoms with Gasteiger partial charge in [0.2, 0.25) is 0 Å². The van der Waals surface area contributed by atoms with Crippen molar-refractivity contribution in [3.8, 4) is 11.5 Å². The highest BCUT2D eigenvalue weighted by atomic mass is 127. The van der Waals surface area contributed by atoms with Crippen molar-refractivity contribution in [2.24, 2.45) is 0 Å². The maximum absolute atomic E-state index is 5.92. The molecule has 0 atom stereocenters. The minimum absolute atomic E-state index is 0.859. The van der Waals surface area contributed by atoms with Gasteiger partial charge < -0.3 is 4.74 Å². The van der Waals surface area contributed by atoms with E-state index in [1.54, 1.807) is 0 Å². The molecule has 88 valence electrons. The number of hydrogen-bond donors (Lipinski definition) is 0. The highest BCUT2D eigenvalue weighted by molar-refractivity contribution is 14.1. The molecule has 0 saturated heterocycles. The molecule has 17 heavy (non-hydrogen) atoms. The first-order valence-electron chi connectivity index (χ1n) is 5.26. The lowest BCUT2D eigenvalue weighted by Crippen LogP contribution is -1.89. The summed E-state index contributed by atoms with van der Waals surface area (Å²) in [7, 11) is 0. The molecule has 0 bridgehead atoms. The van der Waals surface area contributed by atoms with Crippen LogP contribution in [0.4, 0.5) is 0 Å². The van der Waals surface area contributed by atoms with Crippen LogP contribution in [-0.4, -0.2) is 0 Å². The molecule has 0 aliphatic carbocycles. The van der Waals surface area contributed by atoms with Crippen LogP contribution in [0.1, 0.15) is 11.1 Å². The zero-order valence-electron chi connectivity index (χ0n) is 9.63. The normalized spacial score (nSPS) is 10.4. The number of ether oxygens (including phenoxy) is 1. The summed E-state index contributed by atoms with van der Waals surface area (Å²) in [6.07, 6.45) is 0. The van der Waals surface area contributed by atoms with Crippen molar-refractivity contribution >= 4 is 38.5 Å². The summed E-state index contributed by atoms with van der Waals surface area (Å²) < 4.78 is 8.10. The van der Waals surface area contributed by atoms with Crippen molar-refractivity contribution in [2.75, 3.05) is 0 Å². The fourth-order valence-corrected chi connectivity index (χ4v) is 3.07. The molecule has 2 rings (SSSR count). The van der Waals surface area contributed by atoms with Crippen LogP contribution in [0, 0.1) is 17.4 Å². The predicted octanol–water partition coefficient (Wildman–Crippen LogP) is 5.46. The first kappa shape index (κ1) is 12.9. The van der Waals surface area contributed by atoms with E-state index in [0.29, 0.717) is 0 Å². The molecule has 0 aliphatic rings. The van der Waals surface area contributed by atoms with E-state index in [2.05, 4.69) is 76.6 Å². The minimum Gasteiger partial charge on any atom is -0.457 e. The smallest absolute Gasteiger partial charge is 0.130 e. The Morgan fingerprint density at radius 3 is 2.53 bits per heavy atom. The number of rotatable bonds is 2. The Hall–Kier alpha value is -0.550. The van der Waals surface area contributed by atoms with Gasteiger partial charge in [0.05, 0.1) is 0 Å². The van der Waals surface area contributed by atoms with E-state index >= 15 is 0 Å². The summed E-state index contributed by atoms with van der Waals surface area (Å²) in [6.45, 7) is 4.12. The zero-order chi connectivity index (χ0) is 12.4.